The summed E-state index contributed by atoms with van der Waals surface area (Å²) in [5, 5.41) is 13.9. The van der Waals surface area contributed by atoms with Crippen LogP contribution in [0, 0.1) is 5.41 Å². The van der Waals surface area contributed by atoms with Crippen molar-refractivity contribution in [3.63, 3.8) is 0 Å². The molecule has 0 saturated heterocycles. The van der Waals surface area contributed by atoms with Gasteiger partial charge in [0, 0.05) is 24.0 Å². The maximum Gasteiger partial charge on any atom is 0.271 e. The minimum Gasteiger partial charge on any atom is -0.365 e. The first-order valence-corrected chi connectivity index (χ1v) is 6.59. The molecule has 1 aliphatic rings. The van der Waals surface area contributed by atoms with Crippen molar-refractivity contribution in [1.29, 1.82) is 0 Å². The van der Waals surface area contributed by atoms with Crippen LogP contribution in [0.15, 0.2) is 12.1 Å². The van der Waals surface area contributed by atoms with Crippen molar-refractivity contribution < 1.29 is 4.79 Å². The van der Waals surface area contributed by atoms with Crippen LogP contribution in [-0.4, -0.2) is 34.7 Å². The van der Waals surface area contributed by atoms with Crippen LogP contribution in [0.5, 0.6) is 0 Å². The highest BCUT2D eigenvalue weighted by atomic mass is 16.1. The Bertz CT molecular complexity index is 457. The molecule has 0 radical (unpaired) electrons. The number of nitrogens with two attached hydrogens (primary N) is 1. The number of hydrogen-bond donors (Lipinski definition) is 3. The van der Waals surface area contributed by atoms with Crippen LogP contribution in [-0.2, 0) is 0 Å². The number of nitrogens with zero attached hydrogens (tertiary/aromatic N) is 2. The molecule has 1 aromatic heterocycles. The van der Waals surface area contributed by atoms with Crippen molar-refractivity contribution in [3.8, 4) is 0 Å². The molecule has 1 amide bonds. The first kappa shape index (κ1) is 13.7. The molecule has 1 aromatic rings. The first-order valence-electron chi connectivity index (χ1n) is 6.59. The molecule has 2 rings (SSSR count). The Balaban J connectivity index is 1.98. The van der Waals surface area contributed by atoms with Crippen molar-refractivity contribution in [2.24, 2.45) is 11.1 Å². The maximum atomic E-state index is 11.5. The summed E-state index contributed by atoms with van der Waals surface area (Å²) in [6, 6.07) is 3.96. The van der Waals surface area contributed by atoms with E-state index >= 15 is 0 Å². The minimum absolute atomic E-state index is 0.0555. The van der Waals surface area contributed by atoms with Crippen LogP contribution in [0.2, 0.25) is 0 Å². The van der Waals surface area contributed by atoms with Gasteiger partial charge in [-0.2, -0.15) is 0 Å². The second kappa shape index (κ2) is 5.13. The van der Waals surface area contributed by atoms with Gasteiger partial charge in [0.15, 0.2) is 5.69 Å². The highest BCUT2D eigenvalue weighted by Crippen LogP contribution is 2.40. The quantitative estimate of drug-likeness (QED) is 0.746. The summed E-state index contributed by atoms with van der Waals surface area (Å²) in [6.07, 6.45) is 0.923. The zero-order valence-corrected chi connectivity index (χ0v) is 11.6. The molecule has 104 valence electrons. The largest absolute Gasteiger partial charge is 0.365 e. The Hall–Kier alpha value is -1.69. The van der Waals surface area contributed by atoms with E-state index in [2.05, 4.69) is 34.7 Å². The summed E-state index contributed by atoms with van der Waals surface area (Å²) in [5.41, 5.74) is 6.35. The second-order valence-electron chi connectivity index (χ2n) is 5.52. The van der Waals surface area contributed by atoms with Gasteiger partial charge >= 0.3 is 0 Å². The molecular formula is C13H21N5O. The van der Waals surface area contributed by atoms with Crippen LogP contribution in [0.25, 0.3) is 0 Å². The van der Waals surface area contributed by atoms with Crippen LogP contribution in [0.4, 0.5) is 5.82 Å². The summed E-state index contributed by atoms with van der Waals surface area (Å²) in [4.78, 5) is 11.5. The van der Waals surface area contributed by atoms with Crippen molar-refractivity contribution in [1.82, 2.24) is 15.5 Å². The van der Waals surface area contributed by atoms with Gasteiger partial charge < -0.3 is 16.4 Å². The summed E-state index contributed by atoms with van der Waals surface area (Å²) in [6.45, 7) is 6.71. The van der Waals surface area contributed by atoms with Crippen LogP contribution < -0.4 is 16.4 Å². The molecule has 0 aliphatic heterocycles. The number of aromatic nitrogens is 2. The molecule has 2 unspecified atom stereocenters. The topological polar surface area (TPSA) is 92.9 Å². The van der Waals surface area contributed by atoms with Gasteiger partial charge in [-0.1, -0.05) is 13.8 Å². The molecule has 1 aliphatic carbocycles. The van der Waals surface area contributed by atoms with Gasteiger partial charge in [0.2, 0.25) is 0 Å². The van der Waals surface area contributed by atoms with Crippen molar-refractivity contribution >= 4 is 11.7 Å². The lowest BCUT2D eigenvalue weighted by Crippen LogP contribution is -2.61. The van der Waals surface area contributed by atoms with Crippen LogP contribution >= 0.6 is 0 Å². The van der Waals surface area contributed by atoms with E-state index in [4.69, 9.17) is 5.73 Å². The van der Waals surface area contributed by atoms with Crippen molar-refractivity contribution in [3.05, 3.63) is 17.8 Å². The van der Waals surface area contributed by atoms with E-state index in [9.17, 15) is 4.79 Å². The molecule has 0 bridgehead atoms. The zero-order valence-electron chi connectivity index (χ0n) is 11.6. The number of carbonyl (C=O) groups excluding carboxylic acids is 1. The van der Waals surface area contributed by atoms with Gasteiger partial charge in [-0.15, -0.1) is 10.2 Å². The normalized spacial score (nSPS) is 24.4. The maximum absolute atomic E-state index is 11.5. The van der Waals surface area contributed by atoms with Gasteiger partial charge in [-0.05, 0) is 25.5 Å². The number of hydrogen-bond acceptors (Lipinski definition) is 5. The van der Waals surface area contributed by atoms with E-state index < -0.39 is 0 Å². The molecule has 2 atom stereocenters. The first-order chi connectivity index (χ1) is 8.95. The lowest BCUT2D eigenvalue weighted by Gasteiger charge is -2.50. The fraction of sp³-hybridized carbons (Fsp3) is 0.615. The zero-order chi connectivity index (χ0) is 14.0. The molecule has 0 aromatic carbocycles. The number of anilines is 1. The highest BCUT2D eigenvalue weighted by molar-refractivity contribution is 5.92. The van der Waals surface area contributed by atoms with E-state index in [-0.39, 0.29) is 17.4 Å². The van der Waals surface area contributed by atoms with E-state index in [1.165, 1.54) is 0 Å². The molecule has 6 heteroatoms. The average Bonchev–Trinajstić information content (AvgIpc) is 2.39. The Kier molecular flexibility index (Phi) is 3.71. The number of amides is 1. The highest BCUT2D eigenvalue weighted by Gasteiger charge is 2.46. The van der Waals surface area contributed by atoms with E-state index in [1.807, 2.05) is 6.92 Å². The van der Waals surface area contributed by atoms with Gasteiger partial charge in [0.1, 0.15) is 5.82 Å². The van der Waals surface area contributed by atoms with Gasteiger partial charge in [-0.3, -0.25) is 4.79 Å². The molecule has 1 fully saturated rings. The molecule has 19 heavy (non-hydrogen) atoms. The van der Waals surface area contributed by atoms with E-state index in [0.717, 1.165) is 6.42 Å². The SMILES string of the molecule is CCNC(=O)c1ccc(NC2CC(N)C2(C)C)nn1. The van der Waals surface area contributed by atoms with Gasteiger partial charge in [0.05, 0.1) is 0 Å². The minimum atomic E-state index is -0.201. The smallest absolute Gasteiger partial charge is 0.271 e. The summed E-state index contributed by atoms with van der Waals surface area (Å²) in [7, 11) is 0. The summed E-state index contributed by atoms with van der Waals surface area (Å²) in [5.74, 6) is 0.477. The molecule has 6 nitrogen and oxygen atoms in total. The Morgan fingerprint density at radius 2 is 2.21 bits per heavy atom. The summed E-state index contributed by atoms with van der Waals surface area (Å²) < 4.78 is 0. The average molecular weight is 263 g/mol. The van der Waals surface area contributed by atoms with Crippen LogP contribution in [0.3, 0.4) is 0 Å². The van der Waals surface area contributed by atoms with Gasteiger partial charge in [-0.25, -0.2) is 0 Å². The van der Waals surface area contributed by atoms with Crippen molar-refractivity contribution in [2.45, 2.75) is 39.3 Å². The van der Waals surface area contributed by atoms with E-state index in [0.29, 0.717) is 24.1 Å². The Morgan fingerprint density at radius 1 is 1.47 bits per heavy atom. The number of rotatable bonds is 4. The molecule has 0 spiro atoms. The number of carbonyl (C=O) groups is 1. The molecular weight excluding hydrogens is 242 g/mol. The third-order valence-electron chi connectivity index (χ3n) is 3.90. The summed E-state index contributed by atoms with van der Waals surface area (Å²) >= 11 is 0. The fourth-order valence-electron chi connectivity index (χ4n) is 2.16. The molecule has 1 heterocycles. The molecule has 4 N–H and O–H groups in total. The lowest BCUT2D eigenvalue weighted by atomic mass is 9.63. The standard InChI is InChI=1S/C13H21N5O/c1-4-15-12(19)8-5-6-11(18-17-8)16-10-7-9(14)13(10,2)3/h5-6,9-10H,4,7,14H2,1-3H3,(H,15,19)(H,16,18). The predicted octanol–water partition coefficient (Wildman–Crippen LogP) is 0.764. The van der Waals surface area contributed by atoms with E-state index in [1.54, 1.807) is 12.1 Å². The Labute approximate surface area is 113 Å². The predicted molar refractivity (Wildman–Crippen MR) is 73.8 cm³/mol. The molecule has 1 saturated carbocycles. The third-order valence-corrected chi connectivity index (χ3v) is 3.90. The van der Waals surface area contributed by atoms with Crippen molar-refractivity contribution in [2.75, 3.05) is 11.9 Å². The fourth-order valence-corrected chi connectivity index (χ4v) is 2.16. The second-order valence-corrected chi connectivity index (χ2v) is 5.52. The van der Waals surface area contributed by atoms with Crippen LogP contribution in [0.1, 0.15) is 37.7 Å². The monoisotopic (exact) mass is 263 g/mol. The lowest BCUT2D eigenvalue weighted by molar-refractivity contribution is 0.0949. The number of nitrogens with one attached hydrogen (secondary N) is 2. The Morgan fingerprint density at radius 3 is 2.68 bits per heavy atom. The van der Waals surface area contributed by atoms with Gasteiger partial charge in [0.25, 0.3) is 5.91 Å². The third kappa shape index (κ3) is 2.68.